The number of benzene rings is 2. The van der Waals surface area contributed by atoms with Crippen LogP contribution >= 0.6 is 0 Å². The van der Waals surface area contributed by atoms with E-state index in [0.717, 1.165) is 23.6 Å². The first-order valence-electron chi connectivity index (χ1n) is 10.4. The van der Waals surface area contributed by atoms with Crippen LogP contribution in [-0.2, 0) is 20.0 Å². The highest BCUT2D eigenvalue weighted by Gasteiger charge is 2.31. The van der Waals surface area contributed by atoms with Crippen LogP contribution < -0.4 is 4.57 Å². The molecule has 1 aromatic heterocycles. The molecule has 0 bridgehead atoms. The first-order chi connectivity index (χ1) is 13.1. The minimum atomic E-state index is -0.158. The fourth-order valence-corrected chi connectivity index (χ4v) is 5.38. The molecule has 2 nitrogen and oxygen atoms in total. The van der Waals surface area contributed by atoms with Crippen molar-refractivity contribution in [3.63, 3.8) is 0 Å². The number of aromatic nitrogens is 2. The molecule has 0 atom stereocenters. The Balaban J connectivity index is 1.74. The van der Waals surface area contributed by atoms with Crippen LogP contribution in [0.15, 0.2) is 30.3 Å². The number of imidazole rings is 1. The van der Waals surface area contributed by atoms with Gasteiger partial charge in [0.1, 0.15) is 5.82 Å². The maximum absolute atomic E-state index is 13.7. The second-order valence-corrected chi connectivity index (χ2v) is 8.48. The van der Waals surface area contributed by atoms with Gasteiger partial charge in [-0.25, -0.2) is 13.5 Å². The molecule has 5 rings (SSSR count). The number of hydrogen-bond donors (Lipinski definition) is 0. The van der Waals surface area contributed by atoms with Gasteiger partial charge in [-0.15, -0.1) is 0 Å². The van der Waals surface area contributed by atoms with Crippen LogP contribution in [0.2, 0.25) is 0 Å². The van der Waals surface area contributed by atoms with Gasteiger partial charge in [0.15, 0.2) is 11.0 Å². The van der Waals surface area contributed by atoms with Crippen molar-refractivity contribution in [2.45, 2.75) is 64.3 Å². The van der Waals surface area contributed by atoms with Crippen molar-refractivity contribution in [1.29, 1.82) is 0 Å². The van der Waals surface area contributed by atoms with Crippen molar-refractivity contribution in [1.82, 2.24) is 4.57 Å². The molecular formula is C24H28FN2+. The zero-order valence-electron chi connectivity index (χ0n) is 16.4. The van der Waals surface area contributed by atoms with Crippen LogP contribution in [0.4, 0.5) is 4.39 Å². The SMILES string of the molecule is Cc1cc(F)ccc1-c1n(C)c2cc(C3CCCCC3)cc3c2[n+]1CCC3. The van der Waals surface area contributed by atoms with Crippen LogP contribution in [0.3, 0.4) is 0 Å². The molecule has 0 N–H and O–H groups in total. The monoisotopic (exact) mass is 363 g/mol. The zero-order valence-corrected chi connectivity index (χ0v) is 16.4. The van der Waals surface area contributed by atoms with Crippen molar-refractivity contribution in [3.05, 3.63) is 52.8 Å². The summed E-state index contributed by atoms with van der Waals surface area (Å²) in [7, 11) is 2.18. The van der Waals surface area contributed by atoms with E-state index in [0.29, 0.717) is 0 Å². The van der Waals surface area contributed by atoms with E-state index >= 15 is 0 Å². The van der Waals surface area contributed by atoms with Gasteiger partial charge in [-0.3, -0.25) is 0 Å². The normalized spacial score (nSPS) is 17.6. The van der Waals surface area contributed by atoms with E-state index in [9.17, 15) is 4.39 Å². The van der Waals surface area contributed by atoms with Gasteiger partial charge in [0.25, 0.3) is 5.82 Å². The minimum Gasteiger partial charge on any atom is -0.226 e. The molecular weight excluding hydrogens is 335 g/mol. The van der Waals surface area contributed by atoms with Gasteiger partial charge in [-0.1, -0.05) is 25.3 Å². The molecule has 0 saturated heterocycles. The molecule has 1 saturated carbocycles. The predicted molar refractivity (Wildman–Crippen MR) is 107 cm³/mol. The van der Waals surface area contributed by atoms with E-state index in [1.165, 1.54) is 72.9 Å². The maximum atomic E-state index is 13.7. The maximum Gasteiger partial charge on any atom is 0.289 e. The number of hydrogen-bond acceptors (Lipinski definition) is 0. The molecule has 0 unspecified atom stereocenters. The summed E-state index contributed by atoms with van der Waals surface area (Å²) in [6.45, 7) is 3.06. The van der Waals surface area contributed by atoms with Crippen molar-refractivity contribution in [2.75, 3.05) is 0 Å². The van der Waals surface area contributed by atoms with E-state index < -0.39 is 0 Å². The molecule has 2 aromatic carbocycles. The molecule has 1 fully saturated rings. The number of nitrogens with zero attached hydrogens (tertiary/aromatic N) is 2. The molecule has 2 aliphatic rings. The highest BCUT2D eigenvalue weighted by atomic mass is 19.1. The van der Waals surface area contributed by atoms with Gasteiger partial charge in [-0.2, -0.15) is 0 Å². The topological polar surface area (TPSA) is 8.81 Å². The third-order valence-electron chi connectivity index (χ3n) is 6.73. The van der Waals surface area contributed by atoms with E-state index in [-0.39, 0.29) is 5.82 Å². The van der Waals surface area contributed by atoms with Crippen LogP contribution in [-0.4, -0.2) is 4.57 Å². The van der Waals surface area contributed by atoms with Gasteiger partial charge < -0.3 is 0 Å². The first-order valence-corrected chi connectivity index (χ1v) is 10.4. The Morgan fingerprint density at radius 1 is 1.04 bits per heavy atom. The Hall–Kier alpha value is -2.16. The number of rotatable bonds is 2. The summed E-state index contributed by atoms with van der Waals surface area (Å²) in [4.78, 5) is 0. The number of halogens is 1. The van der Waals surface area contributed by atoms with Crippen LogP contribution in [0.1, 0.15) is 61.1 Å². The predicted octanol–water partition coefficient (Wildman–Crippen LogP) is 5.57. The average molecular weight is 364 g/mol. The average Bonchev–Trinajstić information content (AvgIpc) is 2.96. The van der Waals surface area contributed by atoms with Crippen molar-refractivity contribution >= 4 is 11.0 Å². The molecule has 27 heavy (non-hydrogen) atoms. The van der Waals surface area contributed by atoms with Gasteiger partial charge in [0.2, 0.25) is 0 Å². The third kappa shape index (κ3) is 2.70. The lowest BCUT2D eigenvalue weighted by Crippen LogP contribution is -2.39. The van der Waals surface area contributed by atoms with Crippen LogP contribution in [0, 0.1) is 12.7 Å². The quantitative estimate of drug-likeness (QED) is 0.526. The second-order valence-electron chi connectivity index (χ2n) is 8.48. The van der Waals surface area contributed by atoms with E-state index in [4.69, 9.17) is 0 Å². The van der Waals surface area contributed by atoms with Crippen LogP contribution in [0.25, 0.3) is 22.4 Å². The lowest BCUT2D eigenvalue weighted by molar-refractivity contribution is -0.664. The van der Waals surface area contributed by atoms with Crippen molar-refractivity contribution in [3.8, 4) is 11.4 Å². The van der Waals surface area contributed by atoms with Gasteiger partial charge >= 0.3 is 0 Å². The molecule has 0 spiro atoms. The lowest BCUT2D eigenvalue weighted by Gasteiger charge is -2.23. The van der Waals surface area contributed by atoms with Crippen molar-refractivity contribution in [2.24, 2.45) is 7.05 Å². The summed E-state index contributed by atoms with van der Waals surface area (Å²) >= 11 is 0. The smallest absolute Gasteiger partial charge is 0.226 e. The Morgan fingerprint density at radius 2 is 1.85 bits per heavy atom. The molecule has 1 aliphatic heterocycles. The molecule has 3 heteroatoms. The molecule has 3 aromatic rings. The third-order valence-corrected chi connectivity index (χ3v) is 6.73. The van der Waals surface area contributed by atoms with E-state index in [1.54, 1.807) is 12.1 Å². The largest absolute Gasteiger partial charge is 0.289 e. The zero-order chi connectivity index (χ0) is 18.5. The second kappa shape index (κ2) is 6.47. The molecule has 1 aliphatic carbocycles. The fraction of sp³-hybridized carbons (Fsp3) is 0.458. The van der Waals surface area contributed by atoms with Crippen LogP contribution in [0.5, 0.6) is 0 Å². The van der Waals surface area contributed by atoms with Crippen molar-refractivity contribution < 1.29 is 8.96 Å². The number of aryl methyl sites for hydroxylation is 4. The fourth-order valence-electron chi connectivity index (χ4n) is 5.38. The first kappa shape index (κ1) is 17.0. The summed E-state index contributed by atoms with van der Waals surface area (Å²) in [6, 6.07) is 10.1. The Bertz CT molecular complexity index is 1020. The summed E-state index contributed by atoms with van der Waals surface area (Å²) in [5.41, 5.74) is 7.91. The molecule has 140 valence electrons. The molecule has 0 radical (unpaired) electrons. The summed E-state index contributed by atoms with van der Waals surface area (Å²) in [5, 5.41) is 0. The molecule has 0 amide bonds. The highest BCUT2D eigenvalue weighted by Crippen LogP contribution is 2.37. The van der Waals surface area contributed by atoms with E-state index in [1.807, 2.05) is 13.0 Å². The lowest BCUT2D eigenvalue weighted by atomic mass is 9.83. The summed E-state index contributed by atoms with van der Waals surface area (Å²) in [5.74, 6) is 1.78. The Labute approximate surface area is 160 Å². The minimum absolute atomic E-state index is 0.158. The Morgan fingerprint density at radius 3 is 2.63 bits per heavy atom. The molecule has 2 heterocycles. The van der Waals surface area contributed by atoms with Gasteiger partial charge in [0, 0.05) is 5.56 Å². The van der Waals surface area contributed by atoms with E-state index in [2.05, 4.69) is 28.3 Å². The highest BCUT2D eigenvalue weighted by molar-refractivity contribution is 5.81. The van der Waals surface area contributed by atoms with Gasteiger partial charge in [-0.05, 0) is 73.9 Å². The summed E-state index contributed by atoms with van der Waals surface area (Å²) in [6.07, 6.45) is 9.14. The summed E-state index contributed by atoms with van der Waals surface area (Å²) < 4.78 is 18.5. The standard InChI is InChI=1S/C24H28FN2/c1-16-13-20(25)10-11-21(16)24-26(2)22-15-19(17-7-4-3-5-8-17)14-18-9-6-12-27(24)23(18)22/h10-11,13-15,17H,3-9,12H2,1-2H3/q+1. The Kier molecular flexibility index (Phi) is 4.07. The van der Waals surface area contributed by atoms with Gasteiger partial charge in [0.05, 0.1) is 19.2 Å².